The Bertz CT molecular complexity index is 1030. The van der Waals surface area contributed by atoms with Crippen LogP contribution in [0.1, 0.15) is 6.42 Å². The minimum absolute atomic E-state index is 0.143. The van der Waals surface area contributed by atoms with Crippen molar-refractivity contribution < 1.29 is 23.1 Å². The molecule has 0 bridgehead atoms. The molecule has 2 saturated heterocycles. The second-order valence-corrected chi connectivity index (χ2v) is 8.19. The molecule has 2 amide bonds. The zero-order valence-corrected chi connectivity index (χ0v) is 18.7. The number of morpholine rings is 1. The van der Waals surface area contributed by atoms with Crippen molar-refractivity contribution in [3.8, 4) is 0 Å². The highest BCUT2D eigenvalue weighted by Crippen LogP contribution is 2.30. The standard InChI is InChI=1S/C23H24F2N4O3S/c24-16-5-7-17(8-6-16)26-21(30)15-20-22(31)28(10-9-27-11-13-32-14-12-27)23(33)29(20)19-4-2-1-3-18(19)25/h1-8,20H,9-15H2,(H,26,30). The van der Waals surface area contributed by atoms with Crippen LogP contribution in [-0.4, -0.2) is 72.2 Å². The van der Waals surface area contributed by atoms with E-state index in [9.17, 15) is 18.4 Å². The first-order valence-corrected chi connectivity index (χ1v) is 11.1. The van der Waals surface area contributed by atoms with Gasteiger partial charge in [-0.1, -0.05) is 12.1 Å². The molecule has 0 radical (unpaired) electrons. The van der Waals surface area contributed by atoms with Crippen molar-refractivity contribution in [2.75, 3.05) is 49.6 Å². The summed E-state index contributed by atoms with van der Waals surface area (Å²) in [6.45, 7) is 3.70. The first-order valence-electron chi connectivity index (χ1n) is 10.7. The Morgan fingerprint density at radius 3 is 2.45 bits per heavy atom. The van der Waals surface area contributed by atoms with E-state index in [1.165, 1.54) is 46.2 Å². The van der Waals surface area contributed by atoms with Crippen molar-refractivity contribution in [1.29, 1.82) is 0 Å². The number of carbonyl (C=O) groups excluding carboxylic acids is 2. The summed E-state index contributed by atoms with van der Waals surface area (Å²) >= 11 is 5.57. The van der Waals surface area contributed by atoms with Gasteiger partial charge in [-0.25, -0.2) is 8.78 Å². The lowest BCUT2D eigenvalue weighted by Gasteiger charge is -2.28. The van der Waals surface area contributed by atoms with Gasteiger partial charge in [0.25, 0.3) is 5.91 Å². The molecule has 1 N–H and O–H groups in total. The van der Waals surface area contributed by atoms with Gasteiger partial charge in [-0.15, -0.1) is 0 Å². The van der Waals surface area contributed by atoms with Crippen LogP contribution in [0.5, 0.6) is 0 Å². The van der Waals surface area contributed by atoms with Crippen LogP contribution < -0.4 is 10.2 Å². The Kier molecular flexibility index (Phi) is 7.26. The van der Waals surface area contributed by atoms with E-state index in [2.05, 4.69) is 10.2 Å². The van der Waals surface area contributed by atoms with Crippen LogP contribution in [0.25, 0.3) is 0 Å². The lowest BCUT2D eigenvalue weighted by atomic mass is 10.1. The minimum atomic E-state index is -0.987. The van der Waals surface area contributed by atoms with Gasteiger partial charge in [-0.2, -0.15) is 0 Å². The molecule has 1 atom stereocenters. The molecular weight excluding hydrogens is 450 g/mol. The summed E-state index contributed by atoms with van der Waals surface area (Å²) < 4.78 is 33.1. The highest BCUT2D eigenvalue weighted by molar-refractivity contribution is 7.80. The van der Waals surface area contributed by atoms with E-state index >= 15 is 0 Å². The zero-order valence-electron chi connectivity index (χ0n) is 17.9. The van der Waals surface area contributed by atoms with E-state index in [1.54, 1.807) is 12.1 Å². The van der Waals surface area contributed by atoms with E-state index in [4.69, 9.17) is 17.0 Å². The third-order valence-corrected chi connectivity index (χ3v) is 6.08. The SMILES string of the molecule is O=C(CC1C(=O)N(CCN2CCOCC2)C(=S)N1c1ccccc1F)Nc1ccc(F)cc1. The van der Waals surface area contributed by atoms with Crippen LogP contribution in [0.3, 0.4) is 0 Å². The number of para-hydroxylation sites is 1. The summed E-state index contributed by atoms with van der Waals surface area (Å²) in [5, 5.41) is 2.82. The van der Waals surface area contributed by atoms with Gasteiger partial charge in [0.2, 0.25) is 5.91 Å². The average molecular weight is 475 g/mol. The Balaban J connectivity index is 1.52. The summed E-state index contributed by atoms with van der Waals surface area (Å²) in [5.41, 5.74) is 0.542. The van der Waals surface area contributed by atoms with Gasteiger partial charge < -0.3 is 15.0 Å². The number of anilines is 2. The van der Waals surface area contributed by atoms with E-state index in [0.717, 1.165) is 13.1 Å². The predicted octanol–water partition coefficient (Wildman–Crippen LogP) is 2.63. The van der Waals surface area contributed by atoms with Crippen molar-refractivity contribution in [3.05, 3.63) is 60.2 Å². The number of hydrogen-bond acceptors (Lipinski definition) is 5. The molecule has 7 nitrogen and oxygen atoms in total. The molecule has 2 aliphatic rings. The van der Waals surface area contributed by atoms with E-state index < -0.39 is 23.6 Å². The smallest absolute Gasteiger partial charge is 0.252 e. The Morgan fingerprint density at radius 2 is 1.76 bits per heavy atom. The number of nitrogens with one attached hydrogen (secondary N) is 1. The van der Waals surface area contributed by atoms with Gasteiger partial charge in [0.1, 0.15) is 17.7 Å². The number of nitrogens with zero attached hydrogens (tertiary/aromatic N) is 3. The maximum Gasteiger partial charge on any atom is 0.252 e. The van der Waals surface area contributed by atoms with E-state index in [0.29, 0.717) is 32.0 Å². The van der Waals surface area contributed by atoms with Crippen LogP contribution in [0.4, 0.5) is 20.2 Å². The highest BCUT2D eigenvalue weighted by atomic mass is 32.1. The Hall–Kier alpha value is -2.95. The Labute approximate surface area is 195 Å². The summed E-state index contributed by atoms with van der Waals surface area (Å²) in [7, 11) is 0. The number of thiocarbonyl (C=S) groups is 1. The average Bonchev–Trinajstić information content (AvgIpc) is 3.04. The van der Waals surface area contributed by atoms with Gasteiger partial charge in [-0.05, 0) is 48.6 Å². The molecule has 4 rings (SSSR count). The molecule has 0 saturated carbocycles. The molecule has 1 unspecified atom stereocenters. The largest absolute Gasteiger partial charge is 0.379 e. The first kappa shape index (κ1) is 23.2. The number of ether oxygens (including phenoxy) is 1. The predicted molar refractivity (Wildman–Crippen MR) is 124 cm³/mol. The molecule has 2 fully saturated rings. The third-order valence-electron chi connectivity index (χ3n) is 5.66. The lowest BCUT2D eigenvalue weighted by molar-refractivity contribution is -0.129. The normalized spacial score (nSPS) is 19.3. The number of carbonyl (C=O) groups is 2. The molecule has 33 heavy (non-hydrogen) atoms. The lowest BCUT2D eigenvalue weighted by Crippen LogP contribution is -2.43. The topological polar surface area (TPSA) is 65.1 Å². The molecular formula is C23H24F2N4O3S. The van der Waals surface area contributed by atoms with Crippen molar-refractivity contribution in [3.63, 3.8) is 0 Å². The molecule has 0 aliphatic carbocycles. The maximum absolute atomic E-state index is 14.7. The molecule has 2 aromatic rings. The second kappa shape index (κ2) is 10.3. The van der Waals surface area contributed by atoms with Crippen LogP contribution in [-0.2, 0) is 14.3 Å². The van der Waals surface area contributed by atoms with Crippen molar-refractivity contribution in [2.45, 2.75) is 12.5 Å². The van der Waals surface area contributed by atoms with Crippen molar-refractivity contribution in [1.82, 2.24) is 9.80 Å². The molecule has 174 valence electrons. The molecule has 2 aromatic carbocycles. The molecule has 2 aliphatic heterocycles. The summed E-state index contributed by atoms with van der Waals surface area (Å²) in [5.74, 6) is -1.78. The van der Waals surface area contributed by atoms with Gasteiger partial charge in [0.05, 0.1) is 25.3 Å². The van der Waals surface area contributed by atoms with Crippen molar-refractivity contribution >= 4 is 40.5 Å². The minimum Gasteiger partial charge on any atom is -0.379 e. The van der Waals surface area contributed by atoms with Gasteiger partial charge in [0.15, 0.2) is 5.11 Å². The van der Waals surface area contributed by atoms with E-state index in [-0.39, 0.29) is 23.1 Å². The number of benzene rings is 2. The number of amides is 2. The fourth-order valence-electron chi connectivity index (χ4n) is 3.94. The van der Waals surface area contributed by atoms with Crippen LogP contribution in [0.2, 0.25) is 0 Å². The molecule has 0 spiro atoms. The number of rotatable bonds is 7. The molecule has 2 heterocycles. The quantitative estimate of drug-likeness (QED) is 0.623. The van der Waals surface area contributed by atoms with Gasteiger partial charge in [0, 0.05) is 31.9 Å². The number of hydrogen-bond donors (Lipinski definition) is 1. The second-order valence-electron chi connectivity index (χ2n) is 7.82. The molecule has 0 aromatic heterocycles. The van der Waals surface area contributed by atoms with Crippen LogP contribution in [0, 0.1) is 11.6 Å². The molecule has 10 heteroatoms. The summed E-state index contributed by atoms with van der Waals surface area (Å²) in [6.07, 6.45) is -0.237. The summed E-state index contributed by atoms with van der Waals surface area (Å²) in [6, 6.07) is 10.3. The monoisotopic (exact) mass is 474 g/mol. The van der Waals surface area contributed by atoms with Gasteiger partial charge in [-0.3, -0.25) is 19.4 Å². The third kappa shape index (κ3) is 5.35. The highest BCUT2D eigenvalue weighted by Gasteiger charge is 2.44. The number of halogens is 2. The Morgan fingerprint density at radius 1 is 1.06 bits per heavy atom. The van der Waals surface area contributed by atoms with Crippen molar-refractivity contribution in [2.24, 2.45) is 0 Å². The summed E-state index contributed by atoms with van der Waals surface area (Å²) in [4.78, 5) is 31.1. The van der Waals surface area contributed by atoms with Gasteiger partial charge >= 0.3 is 0 Å². The fraction of sp³-hybridized carbons (Fsp3) is 0.348. The first-order chi connectivity index (χ1) is 15.9. The van der Waals surface area contributed by atoms with Crippen LogP contribution >= 0.6 is 12.2 Å². The van der Waals surface area contributed by atoms with E-state index in [1.807, 2.05) is 0 Å². The fourth-order valence-corrected chi connectivity index (χ4v) is 4.34. The van der Waals surface area contributed by atoms with Crippen LogP contribution in [0.15, 0.2) is 48.5 Å². The maximum atomic E-state index is 14.7. The zero-order chi connectivity index (χ0) is 23.4.